The lowest BCUT2D eigenvalue weighted by atomic mass is 9.68. The van der Waals surface area contributed by atoms with Gasteiger partial charge in [0.25, 0.3) is 5.91 Å². The molecule has 1 aromatic heterocycles. The van der Waals surface area contributed by atoms with Gasteiger partial charge in [0, 0.05) is 18.3 Å². The highest BCUT2D eigenvalue weighted by Crippen LogP contribution is 2.44. The molecule has 35 heavy (non-hydrogen) atoms. The summed E-state index contributed by atoms with van der Waals surface area (Å²) in [6, 6.07) is 9.56. The van der Waals surface area contributed by atoms with Crippen molar-refractivity contribution in [2.45, 2.75) is 49.4 Å². The van der Waals surface area contributed by atoms with Gasteiger partial charge in [0.1, 0.15) is 5.60 Å². The summed E-state index contributed by atoms with van der Waals surface area (Å²) in [5, 5.41) is 19.9. The number of rotatable bonds is 6. The smallest absolute Gasteiger partial charge is 0.384 e. The summed E-state index contributed by atoms with van der Waals surface area (Å²) in [5.74, 6) is -1.02. The van der Waals surface area contributed by atoms with E-state index in [1.807, 2.05) is 12.1 Å². The third-order valence-corrected chi connectivity index (χ3v) is 7.17. The summed E-state index contributed by atoms with van der Waals surface area (Å²) in [5.41, 5.74) is -1.94. The molecule has 188 valence electrons. The van der Waals surface area contributed by atoms with Gasteiger partial charge in [0.15, 0.2) is 0 Å². The Morgan fingerprint density at radius 2 is 1.89 bits per heavy atom. The maximum Gasteiger partial charge on any atom is 0.416 e. The van der Waals surface area contributed by atoms with Crippen molar-refractivity contribution in [3.63, 3.8) is 0 Å². The standard InChI is InChI=1S/C25H29F3N4O3/c26-25(27,28)19-5-3-4-17(14-19)22(34)31-15-21(33)32-23(11-13-29-16-23)18-7-9-24(35,10-8-18)20-6-1-2-12-30-20/h1-6,12,14,18,29,35H,7-11,13,15-16H2,(H,31,34)(H,32,33)/t18?,23-,24?/m0/s1. The average Bonchev–Trinajstić information content (AvgIpc) is 3.32. The maximum atomic E-state index is 12.9. The molecule has 2 fully saturated rings. The molecule has 0 spiro atoms. The number of pyridine rings is 1. The third kappa shape index (κ3) is 5.65. The molecule has 10 heteroatoms. The van der Waals surface area contributed by atoms with Gasteiger partial charge in [0.05, 0.1) is 23.3 Å². The molecule has 0 unspecified atom stereocenters. The van der Waals surface area contributed by atoms with Crippen molar-refractivity contribution >= 4 is 11.8 Å². The molecule has 2 amide bonds. The van der Waals surface area contributed by atoms with Gasteiger partial charge in [0.2, 0.25) is 5.91 Å². The Balaban J connectivity index is 1.36. The minimum Gasteiger partial charge on any atom is -0.384 e. The van der Waals surface area contributed by atoms with Crippen molar-refractivity contribution < 1.29 is 27.9 Å². The fourth-order valence-electron chi connectivity index (χ4n) is 5.23. The van der Waals surface area contributed by atoms with Crippen LogP contribution in [0.25, 0.3) is 0 Å². The summed E-state index contributed by atoms with van der Waals surface area (Å²) < 4.78 is 38.7. The lowest BCUT2D eigenvalue weighted by Gasteiger charge is -2.44. The van der Waals surface area contributed by atoms with Gasteiger partial charge in [-0.25, -0.2) is 0 Å². The van der Waals surface area contributed by atoms with Crippen molar-refractivity contribution in [2.24, 2.45) is 5.92 Å². The van der Waals surface area contributed by atoms with Crippen LogP contribution >= 0.6 is 0 Å². The lowest BCUT2D eigenvalue weighted by Crippen LogP contribution is -2.58. The number of amides is 2. The molecule has 1 atom stereocenters. The monoisotopic (exact) mass is 490 g/mol. The normalized spacial score (nSPS) is 26.8. The SMILES string of the molecule is O=C(CNC(=O)c1cccc(C(F)(F)F)c1)N[C@@]1(C2CCC(O)(c3ccccn3)CC2)CCNC1. The number of alkyl halides is 3. The Hall–Kier alpha value is -2.98. The third-order valence-electron chi connectivity index (χ3n) is 7.17. The van der Waals surface area contributed by atoms with Crippen LogP contribution in [0.3, 0.4) is 0 Å². The van der Waals surface area contributed by atoms with E-state index in [0.717, 1.165) is 24.7 Å². The van der Waals surface area contributed by atoms with Crippen molar-refractivity contribution in [3.05, 3.63) is 65.5 Å². The highest BCUT2D eigenvalue weighted by atomic mass is 19.4. The predicted molar refractivity (Wildman–Crippen MR) is 122 cm³/mol. The Bertz CT molecular complexity index is 1050. The zero-order chi connectivity index (χ0) is 25.1. The summed E-state index contributed by atoms with van der Waals surface area (Å²) in [6.07, 6.45) is 0.273. The second-order valence-corrected chi connectivity index (χ2v) is 9.41. The highest BCUT2D eigenvalue weighted by Gasteiger charge is 2.47. The topological polar surface area (TPSA) is 103 Å². The largest absolute Gasteiger partial charge is 0.416 e. The van der Waals surface area contributed by atoms with E-state index in [1.54, 1.807) is 12.3 Å². The average molecular weight is 491 g/mol. The van der Waals surface area contributed by atoms with Gasteiger partial charge in [-0.05, 0) is 74.9 Å². The van der Waals surface area contributed by atoms with Crippen molar-refractivity contribution in [1.29, 1.82) is 0 Å². The Kier molecular flexibility index (Phi) is 7.14. The Labute approximate surface area is 201 Å². The van der Waals surface area contributed by atoms with E-state index >= 15 is 0 Å². The number of carbonyl (C=O) groups excluding carboxylic acids is 2. The molecule has 7 nitrogen and oxygen atoms in total. The van der Waals surface area contributed by atoms with Gasteiger partial charge in [-0.1, -0.05) is 12.1 Å². The van der Waals surface area contributed by atoms with Crippen LogP contribution in [0.2, 0.25) is 0 Å². The lowest BCUT2D eigenvalue weighted by molar-refractivity contribution is -0.137. The second-order valence-electron chi connectivity index (χ2n) is 9.41. The number of nitrogens with one attached hydrogen (secondary N) is 3. The molecule has 4 rings (SSSR count). The van der Waals surface area contributed by atoms with E-state index in [-0.39, 0.29) is 18.0 Å². The van der Waals surface area contributed by atoms with Gasteiger partial charge in [-0.3, -0.25) is 14.6 Å². The number of carbonyl (C=O) groups is 2. The summed E-state index contributed by atoms with van der Waals surface area (Å²) >= 11 is 0. The number of hydrogen-bond acceptors (Lipinski definition) is 5. The first kappa shape index (κ1) is 25.1. The van der Waals surface area contributed by atoms with E-state index in [2.05, 4.69) is 20.9 Å². The zero-order valence-electron chi connectivity index (χ0n) is 19.2. The van der Waals surface area contributed by atoms with E-state index in [4.69, 9.17) is 0 Å². The van der Waals surface area contributed by atoms with Crippen LogP contribution in [0.4, 0.5) is 13.2 Å². The van der Waals surface area contributed by atoms with Crippen molar-refractivity contribution in [1.82, 2.24) is 20.9 Å². The number of halogens is 3. The van der Waals surface area contributed by atoms with Crippen LogP contribution in [-0.4, -0.2) is 47.1 Å². The van der Waals surface area contributed by atoms with E-state index in [9.17, 15) is 27.9 Å². The summed E-state index contributed by atoms with van der Waals surface area (Å²) in [6.45, 7) is 0.965. The van der Waals surface area contributed by atoms with E-state index in [1.165, 1.54) is 6.07 Å². The number of nitrogens with zero attached hydrogens (tertiary/aromatic N) is 1. The molecular formula is C25H29F3N4O3. The van der Waals surface area contributed by atoms with Crippen LogP contribution in [0.5, 0.6) is 0 Å². The molecule has 2 heterocycles. The first-order valence-corrected chi connectivity index (χ1v) is 11.7. The van der Waals surface area contributed by atoms with E-state index in [0.29, 0.717) is 44.3 Å². The van der Waals surface area contributed by atoms with Crippen LogP contribution in [-0.2, 0) is 16.6 Å². The fraction of sp³-hybridized carbons (Fsp3) is 0.480. The molecule has 4 N–H and O–H groups in total. The first-order chi connectivity index (χ1) is 16.6. The minimum atomic E-state index is -4.56. The summed E-state index contributed by atoms with van der Waals surface area (Å²) in [7, 11) is 0. The second kappa shape index (κ2) is 9.94. The number of benzene rings is 1. The van der Waals surface area contributed by atoms with Gasteiger partial charge < -0.3 is 21.1 Å². The fourth-order valence-corrected chi connectivity index (χ4v) is 5.23. The quantitative estimate of drug-likeness (QED) is 0.499. The van der Waals surface area contributed by atoms with Crippen LogP contribution < -0.4 is 16.0 Å². The first-order valence-electron chi connectivity index (χ1n) is 11.7. The van der Waals surface area contributed by atoms with Gasteiger partial charge >= 0.3 is 6.18 Å². The number of aliphatic hydroxyl groups is 1. The molecule has 0 radical (unpaired) electrons. The Morgan fingerprint density at radius 1 is 1.11 bits per heavy atom. The molecule has 1 aliphatic heterocycles. The van der Waals surface area contributed by atoms with Gasteiger partial charge in [-0.15, -0.1) is 0 Å². The molecule has 1 saturated heterocycles. The van der Waals surface area contributed by atoms with Crippen LogP contribution in [0, 0.1) is 5.92 Å². The maximum absolute atomic E-state index is 12.9. The zero-order valence-corrected chi connectivity index (χ0v) is 19.2. The molecule has 1 aliphatic carbocycles. The Morgan fingerprint density at radius 3 is 2.51 bits per heavy atom. The molecule has 2 aromatic rings. The van der Waals surface area contributed by atoms with E-state index < -0.39 is 34.7 Å². The molecule has 1 saturated carbocycles. The molecule has 2 aliphatic rings. The minimum absolute atomic E-state index is 0.129. The number of aromatic nitrogens is 1. The van der Waals surface area contributed by atoms with Crippen LogP contribution in [0.15, 0.2) is 48.7 Å². The highest BCUT2D eigenvalue weighted by molar-refractivity contribution is 5.96. The molecular weight excluding hydrogens is 461 g/mol. The number of hydrogen-bond donors (Lipinski definition) is 4. The van der Waals surface area contributed by atoms with Gasteiger partial charge in [-0.2, -0.15) is 13.2 Å². The molecule has 0 bridgehead atoms. The van der Waals surface area contributed by atoms with Crippen molar-refractivity contribution in [2.75, 3.05) is 19.6 Å². The molecule has 1 aromatic carbocycles. The summed E-state index contributed by atoms with van der Waals surface area (Å²) in [4.78, 5) is 29.4. The predicted octanol–water partition coefficient (Wildman–Crippen LogP) is 2.76. The van der Waals surface area contributed by atoms with Crippen molar-refractivity contribution in [3.8, 4) is 0 Å². The van der Waals surface area contributed by atoms with Crippen LogP contribution in [0.1, 0.15) is 53.7 Å².